The van der Waals surface area contributed by atoms with Crippen LogP contribution in [0.1, 0.15) is 20.8 Å². The highest BCUT2D eigenvalue weighted by Gasteiger charge is 2.15. The molecule has 96 valence electrons. The number of aromatic hydroxyl groups is 2. The van der Waals surface area contributed by atoms with Crippen molar-refractivity contribution >= 4 is 6.01 Å². The molecular weight excluding hydrogens is 234 g/mol. The van der Waals surface area contributed by atoms with Crippen LogP contribution in [0.2, 0.25) is 0 Å². The summed E-state index contributed by atoms with van der Waals surface area (Å²) in [6.07, 6.45) is 0. The average molecular weight is 249 g/mol. The van der Waals surface area contributed by atoms with Crippen LogP contribution in [-0.4, -0.2) is 25.9 Å². The van der Waals surface area contributed by atoms with E-state index in [2.05, 4.69) is 15.5 Å². The second-order valence-corrected chi connectivity index (χ2v) is 5.00. The van der Waals surface area contributed by atoms with Gasteiger partial charge in [-0.05, 0) is 39.0 Å². The summed E-state index contributed by atoms with van der Waals surface area (Å²) in [4.78, 5) is 4.16. The molecule has 0 fully saturated rings. The fraction of sp³-hybridized carbons (Fsp3) is 0.333. The van der Waals surface area contributed by atoms with Gasteiger partial charge in [0.25, 0.3) is 0 Å². The molecule has 0 amide bonds. The third-order valence-corrected chi connectivity index (χ3v) is 2.14. The molecule has 0 spiro atoms. The number of nitrogens with zero attached hydrogens (tertiary/aromatic N) is 2. The van der Waals surface area contributed by atoms with Crippen LogP contribution in [0.3, 0.4) is 0 Å². The number of hydrogen-bond donors (Lipinski definition) is 3. The summed E-state index contributed by atoms with van der Waals surface area (Å²) in [5.74, 6) is -0.0602. The van der Waals surface area contributed by atoms with Crippen LogP contribution in [0.15, 0.2) is 22.7 Å². The van der Waals surface area contributed by atoms with Crippen LogP contribution in [0.25, 0.3) is 11.4 Å². The first-order chi connectivity index (χ1) is 8.35. The topological polar surface area (TPSA) is 91.4 Å². The first-order valence-corrected chi connectivity index (χ1v) is 5.49. The molecule has 1 heterocycles. The minimum Gasteiger partial charge on any atom is -0.504 e. The lowest BCUT2D eigenvalue weighted by Gasteiger charge is -2.17. The number of rotatable bonds is 2. The van der Waals surface area contributed by atoms with Gasteiger partial charge < -0.3 is 20.1 Å². The molecule has 6 heteroatoms. The molecule has 0 unspecified atom stereocenters. The van der Waals surface area contributed by atoms with Gasteiger partial charge >= 0.3 is 6.01 Å². The first-order valence-electron chi connectivity index (χ1n) is 5.49. The predicted octanol–water partition coefficient (Wildman–Crippen LogP) is 2.36. The van der Waals surface area contributed by atoms with Crippen molar-refractivity contribution in [1.82, 2.24) is 10.1 Å². The monoisotopic (exact) mass is 249 g/mol. The van der Waals surface area contributed by atoms with Crippen LogP contribution in [0.4, 0.5) is 6.01 Å². The summed E-state index contributed by atoms with van der Waals surface area (Å²) in [5.41, 5.74) is 0.386. The number of benzene rings is 1. The molecule has 0 saturated carbocycles. The van der Waals surface area contributed by atoms with Crippen molar-refractivity contribution in [3.8, 4) is 22.9 Å². The quantitative estimate of drug-likeness (QED) is 0.708. The van der Waals surface area contributed by atoms with Crippen molar-refractivity contribution in [2.75, 3.05) is 5.32 Å². The highest BCUT2D eigenvalue weighted by molar-refractivity contribution is 5.60. The highest BCUT2D eigenvalue weighted by Crippen LogP contribution is 2.29. The summed E-state index contributed by atoms with van der Waals surface area (Å²) in [6.45, 7) is 5.93. The molecule has 0 bridgehead atoms. The number of phenolic OH excluding ortho intramolecular Hbond substituents is 2. The zero-order chi connectivity index (χ0) is 13.3. The maximum Gasteiger partial charge on any atom is 0.322 e. The van der Waals surface area contributed by atoms with E-state index in [1.807, 2.05) is 20.8 Å². The van der Waals surface area contributed by atoms with Gasteiger partial charge in [-0.25, -0.2) is 0 Å². The van der Waals surface area contributed by atoms with Crippen LogP contribution >= 0.6 is 0 Å². The number of hydrogen-bond acceptors (Lipinski definition) is 6. The summed E-state index contributed by atoms with van der Waals surface area (Å²) in [6, 6.07) is 4.66. The maximum atomic E-state index is 9.40. The Kier molecular flexibility index (Phi) is 2.86. The lowest BCUT2D eigenvalue weighted by molar-refractivity contribution is 0.403. The van der Waals surface area contributed by atoms with Gasteiger partial charge in [-0.2, -0.15) is 4.98 Å². The molecule has 0 aliphatic rings. The van der Waals surface area contributed by atoms with Gasteiger partial charge in [-0.1, -0.05) is 5.16 Å². The van der Waals surface area contributed by atoms with E-state index in [4.69, 9.17) is 4.52 Å². The van der Waals surface area contributed by atoms with Crippen molar-refractivity contribution < 1.29 is 14.7 Å². The number of phenols is 2. The average Bonchev–Trinajstić information content (AvgIpc) is 2.68. The fourth-order valence-electron chi connectivity index (χ4n) is 1.37. The van der Waals surface area contributed by atoms with Crippen LogP contribution < -0.4 is 5.32 Å². The second-order valence-electron chi connectivity index (χ2n) is 5.00. The SMILES string of the molecule is CC(C)(C)Nc1nc(-c2ccc(O)c(O)c2)no1. The smallest absolute Gasteiger partial charge is 0.322 e. The van der Waals surface area contributed by atoms with Crippen molar-refractivity contribution in [3.05, 3.63) is 18.2 Å². The van der Waals surface area contributed by atoms with E-state index >= 15 is 0 Å². The summed E-state index contributed by atoms with van der Waals surface area (Å²) >= 11 is 0. The Morgan fingerprint density at radius 2 is 1.89 bits per heavy atom. The molecule has 18 heavy (non-hydrogen) atoms. The minimum absolute atomic E-state index is 0.180. The Hall–Kier alpha value is -2.24. The molecule has 3 N–H and O–H groups in total. The molecule has 0 aliphatic heterocycles. The Morgan fingerprint density at radius 3 is 2.50 bits per heavy atom. The van der Waals surface area contributed by atoms with Crippen LogP contribution in [0, 0.1) is 0 Å². The van der Waals surface area contributed by atoms with E-state index in [1.165, 1.54) is 12.1 Å². The summed E-state index contributed by atoms with van der Waals surface area (Å²) in [7, 11) is 0. The van der Waals surface area contributed by atoms with E-state index in [9.17, 15) is 10.2 Å². The molecule has 0 saturated heterocycles. The lowest BCUT2D eigenvalue weighted by Crippen LogP contribution is -2.26. The van der Waals surface area contributed by atoms with Gasteiger partial charge in [0.2, 0.25) is 5.82 Å². The van der Waals surface area contributed by atoms with Gasteiger partial charge in [0.1, 0.15) is 0 Å². The first kappa shape index (κ1) is 12.2. The maximum absolute atomic E-state index is 9.40. The van der Waals surface area contributed by atoms with E-state index in [-0.39, 0.29) is 17.0 Å². The van der Waals surface area contributed by atoms with E-state index < -0.39 is 0 Å². The largest absolute Gasteiger partial charge is 0.504 e. The van der Waals surface area contributed by atoms with Gasteiger partial charge in [0.15, 0.2) is 11.5 Å². The van der Waals surface area contributed by atoms with Gasteiger partial charge in [-0.15, -0.1) is 0 Å². The Morgan fingerprint density at radius 1 is 1.17 bits per heavy atom. The van der Waals surface area contributed by atoms with Crippen LogP contribution in [-0.2, 0) is 0 Å². The van der Waals surface area contributed by atoms with E-state index in [0.717, 1.165) is 0 Å². The third-order valence-electron chi connectivity index (χ3n) is 2.14. The Bertz CT molecular complexity index is 558. The lowest BCUT2D eigenvalue weighted by atomic mass is 10.1. The molecule has 0 aliphatic carbocycles. The molecular formula is C12H15N3O3. The van der Waals surface area contributed by atoms with E-state index in [1.54, 1.807) is 6.07 Å². The van der Waals surface area contributed by atoms with Crippen molar-refractivity contribution in [1.29, 1.82) is 0 Å². The number of aromatic nitrogens is 2. The van der Waals surface area contributed by atoms with Gasteiger partial charge in [0, 0.05) is 11.1 Å². The van der Waals surface area contributed by atoms with Crippen molar-refractivity contribution in [2.45, 2.75) is 26.3 Å². The summed E-state index contributed by atoms with van der Waals surface area (Å²) in [5, 5.41) is 25.5. The molecule has 6 nitrogen and oxygen atoms in total. The zero-order valence-electron chi connectivity index (χ0n) is 10.4. The van der Waals surface area contributed by atoms with E-state index in [0.29, 0.717) is 17.4 Å². The normalized spacial score (nSPS) is 11.5. The molecule has 0 atom stereocenters. The van der Waals surface area contributed by atoms with Crippen LogP contribution in [0.5, 0.6) is 11.5 Å². The second kappa shape index (κ2) is 4.21. The molecule has 2 rings (SSSR count). The number of anilines is 1. The predicted molar refractivity (Wildman–Crippen MR) is 66.4 cm³/mol. The molecule has 0 radical (unpaired) electrons. The molecule has 2 aromatic rings. The Labute approximate surface area is 104 Å². The van der Waals surface area contributed by atoms with Crippen molar-refractivity contribution in [2.24, 2.45) is 0 Å². The van der Waals surface area contributed by atoms with Gasteiger partial charge in [-0.3, -0.25) is 0 Å². The van der Waals surface area contributed by atoms with Gasteiger partial charge in [0.05, 0.1) is 0 Å². The number of nitrogens with one attached hydrogen (secondary N) is 1. The van der Waals surface area contributed by atoms with Crippen molar-refractivity contribution in [3.63, 3.8) is 0 Å². The standard InChI is InChI=1S/C12H15N3O3/c1-12(2,3)14-11-13-10(15-18-11)7-4-5-8(16)9(17)6-7/h4-6,16-17H,1-3H3,(H,13,14,15). The minimum atomic E-state index is -0.220. The third kappa shape index (κ3) is 2.71. The fourth-order valence-corrected chi connectivity index (χ4v) is 1.37. The summed E-state index contributed by atoms with van der Waals surface area (Å²) < 4.78 is 5.05. The Balaban J connectivity index is 2.26. The highest BCUT2D eigenvalue weighted by atomic mass is 16.5. The zero-order valence-corrected chi connectivity index (χ0v) is 10.4. The molecule has 1 aromatic carbocycles. The molecule has 1 aromatic heterocycles.